The standard InChI is InChI=1S/C23H29N5O2/c1-15-9-16(2)25-23(24-15)26-8-4-5-18(13-26)22(30)27-11-17-10-19(14-27)20-6-3-7-21(29)28(20)12-17/h3,6-7,9,17-19H,4-5,8,10-14H2,1-2H3/t17-,18-,19+/m1/s1. The molecule has 0 spiro atoms. The predicted molar refractivity (Wildman–Crippen MR) is 115 cm³/mol. The van der Waals surface area contributed by atoms with Crippen LogP contribution < -0.4 is 10.5 Å². The van der Waals surface area contributed by atoms with Crippen LogP contribution in [0.1, 0.15) is 42.3 Å². The van der Waals surface area contributed by atoms with Crippen LogP contribution in [0, 0.1) is 25.7 Å². The molecule has 0 unspecified atom stereocenters. The molecule has 2 aromatic rings. The van der Waals surface area contributed by atoms with Gasteiger partial charge in [-0.15, -0.1) is 0 Å². The van der Waals surface area contributed by atoms with Crippen molar-refractivity contribution in [3.63, 3.8) is 0 Å². The molecule has 3 atom stereocenters. The molecule has 5 rings (SSSR count). The number of carbonyl (C=O) groups excluding carboxylic acids is 1. The van der Waals surface area contributed by atoms with Gasteiger partial charge in [0.05, 0.1) is 5.92 Å². The minimum atomic E-state index is -0.0139. The average molecular weight is 408 g/mol. The van der Waals surface area contributed by atoms with E-state index in [9.17, 15) is 9.59 Å². The van der Waals surface area contributed by atoms with Crippen molar-refractivity contribution in [2.45, 2.75) is 45.6 Å². The highest BCUT2D eigenvalue weighted by Gasteiger charge is 2.39. The molecule has 5 heterocycles. The first kappa shape index (κ1) is 19.3. The Morgan fingerprint density at radius 2 is 1.87 bits per heavy atom. The summed E-state index contributed by atoms with van der Waals surface area (Å²) >= 11 is 0. The fourth-order valence-corrected chi connectivity index (χ4v) is 5.54. The molecule has 0 aliphatic carbocycles. The average Bonchev–Trinajstić information content (AvgIpc) is 2.73. The van der Waals surface area contributed by atoms with Crippen molar-refractivity contribution in [2.75, 3.05) is 31.1 Å². The number of amides is 1. The van der Waals surface area contributed by atoms with Crippen LogP contribution >= 0.6 is 0 Å². The van der Waals surface area contributed by atoms with E-state index in [0.717, 1.165) is 68.5 Å². The largest absolute Gasteiger partial charge is 0.341 e. The van der Waals surface area contributed by atoms with Crippen molar-refractivity contribution in [3.8, 4) is 0 Å². The maximum Gasteiger partial charge on any atom is 0.250 e. The Hall–Kier alpha value is -2.70. The van der Waals surface area contributed by atoms with E-state index in [1.165, 1.54) is 0 Å². The van der Waals surface area contributed by atoms with E-state index in [1.807, 2.05) is 30.5 Å². The molecule has 7 nitrogen and oxygen atoms in total. The molecule has 2 bridgehead atoms. The number of anilines is 1. The number of aromatic nitrogens is 3. The molecule has 158 valence electrons. The highest BCUT2D eigenvalue weighted by Crippen LogP contribution is 2.36. The first-order chi connectivity index (χ1) is 14.5. The Bertz CT molecular complexity index is 1010. The lowest BCUT2D eigenvalue weighted by molar-refractivity contribution is -0.138. The molecule has 7 heteroatoms. The highest BCUT2D eigenvalue weighted by atomic mass is 16.2. The second-order valence-electron chi connectivity index (χ2n) is 9.18. The number of hydrogen-bond acceptors (Lipinski definition) is 5. The molecule has 3 aliphatic rings. The van der Waals surface area contributed by atoms with E-state index in [-0.39, 0.29) is 23.3 Å². The maximum absolute atomic E-state index is 13.5. The molecule has 3 aliphatic heterocycles. The fraction of sp³-hybridized carbons (Fsp3) is 0.565. The summed E-state index contributed by atoms with van der Waals surface area (Å²) in [5.41, 5.74) is 3.09. The highest BCUT2D eigenvalue weighted by molar-refractivity contribution is 5.80. The van der Waals surface area contributed by atoms with E-state index in [2.05, 4.69) is 25.8 Å². The van der Waals surface area contributed by atoms with Gasteiger partial charge >= 0.3 is 0 Å². The first-order valence-corrected chi connectivity index (χ1v) is 11.0. The van der Waals surface area contributed by atoms with Gasteiger partial charge in [0.1, 0.15) is 0 Å². The quantitative estimate of drug-likeness (QED) is 0.763. The molecule has 0 aromatic carbocycles. The molecule has 2 fully saturated rings. The third-order valence-corrected chi connectivity index (χ3v) is 6.82. The van der Waals surface area contributed by atoms with Crippen molar-refractivity contribution >= 4 is 11.9 Å². The molecule has 30 heavy (non-hydrogen) atoms. The van der Waals surface area contributed by atoms with Gasteiger partial charge < -0.3 is 14.4 Å². The van der Waals surface area contributed by atoms with Crippen LogP contribution in [0.5, 0.6) is 0 Å². The Balaban J connectivity index is 1.32. The zero-order valence-corrected chi connectivity index (χ0v) is 17.8. The normalized spacial score (nSPS) is 25.7. The van der Waals surface area contributed by atoms with Crippen LogP contribution in [0.4, 0.5) is 5.95 Å². The summed E-state index contributed by atoms with van der Waals surface area (Å²) in [4.78, 5) is 39.1. The van der Waals surface area contributed by atoms with E-state index < -0.39 is 0 Å². The Labute approximate surface area is 176 Å². The molecule has 0 radical (unpaired) electrons. The van der Waals surface area contributed by atoms with Crippen molar-refractivity contribution in [1.29, 1.82) is 0 Å². The molecule has 2 saturated heterocycles. The number of piperidine rings is 2. The summed E-state index contributed by atoms with van der Waals surface area (Å²) in [6, 6.07) is 7.51. The molecule has 0 saturated carbocycles. The molecule has 0 N–H and O–H groups in total. The van der Waals surface area contributed by atoms with Crippen LogP contribution in [0.15, 0.2) is 29.1 Å². The smallest absolute Gasteiger partial charge is 0.250 e. The second-order valence-corrected chi connectivity index (χ2v) is 9.18. The number of fused-ring (bicyclic) bond motifs is 4. The summed E-state index contributed by atoms with van der Waals surface area (Å²) in [7, 11) is 0. The maximum atomic E-state index is 13.5. The lowest BCUT2D eigenvalue weighted by Crippen LogP contribution is -2.52. The lowest BCUT2D eigenvalue weighted by atomic mass is 9.82. The first-order valence-electron chi connectivity index (χ1n) is 11.0. The summed E-state index contributed by atoms with van der Waals surface area (Å²) in [6.45, 7) is 7.75. The number of carbonyl (C=O) groups is 1. The minimum absolute atomic E-state index is 0.0139. The van der Waals surface area contributed by atoms with Crippen LogP contribution in [-0.4, -0.2) is 51.5 Å². The van der Waals surface area contributed by atoms with E-state index in [1.54, 1.807) is 6.07 Å². The number of nitrogens with zero attached hydrogens (tertiary/aromatic N) is 5. The predicted octanol–water partition coefficient (Wildman–Crippen LogP) is 2.12. The zero-order valence-electron chi connectivity index (χ0n) is 17.8. The van der Waals surface area contributed by atoms with E-state index >= 15 is 0 Å². The van der Waals surface area contributed by atoms with Crippen molar-refractivity contribution < 1.29 is 4.79 Å². The molecule has 2 aromatic heterocycles. The summed E-state index contributed by atoms with van der Waals surface area (Å²) in [6.07, 6.45) is 2.97. The number of aryl methyl sites for hydroxylation is 2. The Kier molecular flexibility index (Phi) is 4.83. The van der Waals surface area contributed by atoms with Gasteiger partial charge in [0.2, 0.25) is 11.9 Å². The number of rotatable bonds is 2. The van der Waals surface area contributed by atoms with Gasteiger partial charge in [0, 0.05) is 61.8 Å². The van der Waals surface area contributed by atoms with Crippen LogP contribution in [0.2, 0.25) is 0 Å². The topological polar surface area (TPSA) is 71.3 Å². The van der Waals surface area contributed by atoms with Crippen LogP contribution in [0.3, 0.4) is 0 Å². The fourth-order valence-electron chi connectivity index (χ4n) is 5.54. The second kappa shape index (κ2) is 7.52. The van der Waals surface area contributed by atoms with Crippen molar-refractivity contribution in [1.82, 2.24) is 19.4 Å². The van der Waals surface area contributed by atoms with E-state index in [0.29, 0.717) is 12.5 Å². The summed E-state index contributed by atoms with van der Waals surface area (Å²) < 4.78 is 1.92. The van der Waals surface area contributed by atoms with Gasteiger partial charge in [-0.05, 0) is 51.2 Å². The zero-order chi connectivity index (χ0) is 20.8. The molecular weight excluding hydrogens is 378 g/mol. The third kappa shape index (κ3) is 3.50. The van der Waals surface area contributed by atoms with Gasteiger partial charge in [-0.25, -0.2) is 9.97 Å². The van der Waals surface area contributed by atoms with Crippen molar-refractivity contribution in [3.05, 3.63) is 51.7 Å². The lowest BCUT2D eigenvalue weighted by Gasteiger charge is -2.44. The SMILES string of the molecule is Cc1cc(C)nc(N2CCC[C@@H](C(=O)N3C[C@H]4C[C@@H](C3)c3cccc(=O)n3C4)C2)n1. The third-order valence-electron chi connectivity index (χ3n) is 6.82. The Morgan fingerprint density at radius 1 is 1.07 bits per heavy atom. The molecular formula is C23H29N5O2. The minimum Gasteiger partial charge on any atom is -0.341 e. The van der Waals surface area contributed by atoms with Gasteiger partial charge in [0.15, 0.2) is 0 Å². The van der Waals surface area contributed by atoms with Crippen molar-refractivity contribution in [2.24, 2.45) is 11.8 Å². The van der Waals surface area contributed by atoms with Crippen LogP contribution in [-0.2, 0) is 11.3 Å². The summed E-state index contributed by atoms with van der Waals surface area (Å²) in [5, 5.41) is 0. The van der Waals surface area contributed by atoms with Gasteiger partial charge in [-0.1, -0.05) is 6.07 Å². The van der Waals surface area contributed by atoms with Gasteiger partial charge in [0.25, 0.3) is 5.56 Å². The van der Waals surface area contributed by atoms with Gasteiger partial charge in [-0.2, -0.15) is 0 Å². The monoisotopic (exact) mass is 407 g/mol. The number of likely N-dealkylation sites (tertiary alicyclic amines) is 1. The molecule has 1 amide bonds. The number of hydrogen-bond donors (Lipinski definition) is 0. The number of pyridine rings is 1. The van der Waals surface area contributed by atoms with Gasteiger partial charge in [-0.3, -0.25) is 9.59 Å². The van der Waals surface area contributed by atoms with E-state index in [4.69, 9.17) is 0 Å². The Morgan fingerprint density at radius 3 is 2.67 bits per heavy atom. The van der Waals surface area contributed by atoms with Crippen LogP contribution in [0.25, 0.3) is 0 Å². The summed E-state index contributed by atoms with van der Waals surface area (Å²) in [5.74, 6) is 1.61.